The first kappa shape index (κ1) is 12.1. The topological polar surface area (TPSA) is 100.0 Å². The molecule has 0 aliphatic carbocycles. The highest BCUT2D eigenvalue weighted by molar-refractivity contribution is 5.72. The highest BCUT2D eigenvalue weighted by Crippen LogP contribution is 2.29. The lowest BCUT2D eigenvalue weighted by Gasteiger charge is -2.03. The van der Waals surface area contributed by atoms with Crippen LogP contribution in [0.4, 0.5) is 5.69 Å². The highest BCUT2D eigenvalue weighted by atomic mass is 16.5. The number of ether oxygens (including phenoxy) is 1. The summed E-state index contributed by atoms with van der Waals surface area (Å²) in [7, 11) is 1.58. The number of anilines is 1. The molecule has 0 spiro atoms. The Bertz CT molecular complexity index is 727. The SMILES string of the molecule is COc1ccc(N)c(-c2nc(-c3ccncn3)no2)c1. The molecule has 2 N–H and O–H groups in total. The monoisotopic (exact) mass is 269 g/mol. The summed E-state index contributed by atoms with van der Waals surface area (Å²) < 4.78 is 10.4. The fraction of sp³-hybridized carbons (Fsp3) is 0.0769. The predicted octanol–water partition coefficient (Wildman–Crippen LogP) is 1.78. The minimum Gasteiger partial charge on any atom is -0.497 e. The van der Waals surface area contributed by atoms with E-state index in [0.717, 1.165) is 0 Å². The van der Waals surface area contributed by atoms with Gasteiger partial charge in [0.1, 0.15) is 17.8 Å². The smallest absolute Gasteiger partial charge is 0.260 e. The molecule has 0 amide bonds. The lowest BCUT2D eigenvalue weighted by molar-refractivity contribution is 0.413. The Hall–Kier alpha value is -2.96. The first-order chi connectivity index (χ1) is 9.78. The van der Waals surface area contributed by atoms with Gasteiger partial charge in [-0.1, -0.05) is 5.16 Å². The second kappa shape index (κ2) is 4.96. The van der Waals surface area contributed by atoms with Crippen molar-refractivity contribution in [3.05, 3.63) is 36.8 Å². The van der Waals surface area contributed by atoms with Crippen LogP contribution in [0.1, 0.15) is 0 Å². The van der Waals surface area contributed by atoms with Gasteiger partial charge in [0.25, 0.3) is 5.89 Å². The van der Waals surface area contributed by atoms with Crippen molar-refractivity contribution in [1.29, 1.82) is 0 Å². The summed E-state index contributed by atoms with van der Waals surface area (Å²) in [4.78, 5) is 12.2. The van der Waals surface area contributed by atoms with E-state index in [4.69, 9.17) is 15.0 Å². The third-order valence-corrected chi connectivity index (χ3v) is 2.73. The van der Waals surface area contributed by atoms with Crippen molar-refractivity contribution in [2.45, 2.75) is 0 Å². The van der Waals surface area contributed by atoms with Gasteiger partial charge < -0.3 is 15.0 Å². The van der Waals surface area contributed by atoms with Crippen molar-refractivity contribution in [1.82, 2.24) is 20.1 Å². The molecule has 3 aromatic rings. The van der Waals surface area contributed by atoms with Gasteiger partial charge in [-0.15, -0.1) is 0 Å². The van der Waals surface area contributed by atoms with Crippen molar-refractivity contribution in [3.8, 4) is 28.7 Å². The van der Waals surface area contributed by atoms with E-state index >= 15 is 0 Å². The molecule has 0 aliphatic heterocycles. The fourth-order valence-electron chi connectivity index (χ4n) is 1.71. The largest absolute Gasteiger partial charge is 0.497 e. The van der Waals surface area contributed by atoms with E-state index in [9.17, 15) is 0 Å². The number of nitrogen functional groups attached to an aromatic ring is 1. The molecular formula is C13H11N5O2. The van der Waals surface area contributed by atoms with Crippen LogP contribution in [0.25, 0.3) is 23.0 Å². The molecule has 0 atom stereocenters. The third kappa shape index (κ3) is 2.16. The Kier molecular flexibility index (Phi) is 3.00. The molecule has 7 nitrogen and oxygen atoms in total. The van der Waals surface area contributed by atoms with E-state index < -0.39 is 0 Å². The van der Waals surface area contributed by atoms with Crippen LogP contribution in [-0.4, -0.2) is 27.2 Å². The van der Waals surface area contributed by atoms with Gasteiger partial charge >= 0.3 is 0 Å². The zero-order valence-electron chi connectivity index (χ0n) is 10.6. The maximum Gasteiger partial charge on any atom is 0.260 e. The fourth-order valence-corrected chi connectivity index (χ4v) is 1.71. The van der Waals surface area contributed by atoms with Crippen LogP contribution in [0.3, 0.4) is 0 Å². The summed E-state index contributed by atoms with van der Waals surface area (Å²) >= 11 is 0. The minimum absolute atomic E-state index is 0.315. The van der Waals surface area contributed by atoms with Gasteiger partial charge in [-0.2, -0.15) is 4.98 Å². The molecule has 20 heavy (non-hydrogen) atoms. The normalized spacial score (nSPS) is 10.4. The Morgan fingerprint density at radius 2 is 2.15 bits per heavy atom. The summed E-state index contributed by atoms with van der Waals surface area (Å²) in [5.41, 5.74) is 7.65. The lowest BCUT2D eigenvalue weighted by atomic mass is 10.1. The standard InChI is InChI=1S/C13H11N5O2/c1-19-8-2-3-10(14)9(6-8)13-17-12(18-20-13)11-4-5-15-7-16-11/h2-7H,14H2,1H3. The van der Waals surface area contributed by atoms with Crippen molar-refractivity contribution < 1.29 is 9.26 Å². The van der Waals surface area contributed by atoms with E-state index in [-0.39, 0.29) is 0 Å². The molecule has 0 saturated carbocycles. The minimum atomic E-state index is 0.315. The number of hydrogen-bond donors (Lipinski definition) is 1. The van der Waals surface area contributed by atoms with Crippen LogP contribution in [-0.2, 0) is 0 Å². The highest BCUT2D eigenvalue weighted by Gasteiger charge is 2.14. The van der Waals surface area contributed by atoms with Gasteiger partial charge in [0.2, 0.25) is 5.82 Å². The van der Waals surface area contributed by atoms with E-state index in [1.54, 1.807) is 37.6 Å². The summed E-state index contributed by atoms with van der Waals surface area (Å²) in [5.74, 6) is 1.36. The molecule has 1 aromatic carbocycles. The molecule has 0 aliphatic rings. The Balaban J connectivity index is 2.02. The molecular weight excluding hydrogens is 258 g/mol. The maximum absolute atomic E-state index is 5.92. The van der Waals surface area contributed by atoms with Crippen LogP contribution in [0.2, 0.25) is 0 Å². The molecule has 0 unspecified atom stereocenters. The van der Waals surface area contributed by atoms with E-state index in [2.05, 4.69) is 20.1 Å². The number of aromatic nitrogens is 4. The van der Waals surface area contributed by atoms with E-state index in [0.29, 0.717) is 34.4 Å². The number of rotatable bonds is 3. The van der Waals surface area contributed by atoms with Gasteiger partial charge in [0.15, 0.2) is 0 Å². The number of nitrogens with zero attached hydrogens (tertiary/aromatic N) is 4. The first-order valence-electron chi connectivity index (χ1n) is 5.82. The quantitative estimate of drug-likeness (QED) is 0.723. The molecule has 7 heteroatoms. The van der Waals surface area contributed by atoms with Crippen LogP contribution >= 0.6 is 0 Å². The molecule has 2 heterocycles. The van der Waals surface area contributed by atoms with Crippen molar-refractivity contribution in [3.63, 3.8) is 0 Å². The van der Waals surface area contributed by atoms with Gasteiger partial charge in [-0.3, -0.25) is 0 Å². The number of methoxy groups -OCH3 is 1. The Morgan fingerprint density at radius 1 is 1.25 bits per heavy atom. The van der Waals surface area contributed by atoms with Gasteiger partial charge in [0, 0.05) is 11.9 Å². The van der Waals surface area contributed by atoms with Gasteiger partial charge in [-0.05, 0) is 24.3 Å². The molecule has 100 valence electrons. The summed E-state index contributed by atoms with van der Waals surface area (Å²) in [6.07, 6.45) is 3.03. The zero-order valence-corrected chi connectivity index (χ0v) is 10.6. The molecule has 0 radical (unpaired) electrons. The third-order valence-electron chi connectivity index (χ3n) is 2.73. The van der Waals surface area contributed by atoms with Crippen LogP contribution < -0.4 is 10.5 Å². The predicted molar refractivity (Wildman–Crippen MR) is 71.7 cm³/mol. The average Bonchev–Trinajstić information content (AvgIpc) is 2.98. The summed E-state index contributed by atoms with van der Waals surface area (Å²) in [6, 6.07) is 6.93. The van der Waals surface area contributed by atoms with Gasteiger partial charge in [-0.25, -0.2) is 9.97 Å². The molecule has 0 fully saturated rings. The maximum atomic E-state index is 5.92. The number of benzene rings is 1. The van der Waals surface area contributed by atoms with Crippen LogP contribution in [0.5, 0.6) is 5.75 Å². The van der Waals surface area contributed by atoms with Crippen LogP contribution in [0, 0.1) is 0 Å². The second-order valence-corrected chi connectivity index (χ2v) is 3.97. The summed E-state index contributed by atoms with van der Waals surface area (Å²) in [6.45, 7) is 0. The summed E-state index contributed by atoms with van der Waals surface area (Å²) in [5, 5.41) is 3.89. The van der Waals surface area contributed by atoms with Crippen LogP contribution in [0.15, 0.2) is 41.3 Å². The van der Waals surface area contributed by atoms with Crippen molar-refractivity contribution in [2.24, 2.45) is 0 Å². The number of hydrogen-bond acceptors (Lipinski definition) is 7. The van der Waals surface area contributed by atoms with Crippen molar-refractivity contribution >= 4 is 5.69 Å². The van der Waals surface area contributed by atoms with E-state index in [1.165, 1.54) is 6.33 Å². The average molecular weight is 269 g/mol. The molecule has 2 aromatic heterocycles. The van der Waals surface area contributed by atoms with E-state index in [1.807, 2.05) is 0 Å². The Morgan fingerprint density at radius 3 is 2.90 bits per heavy atom. The lowest BCUT2D eigenvalue weighted by Crippen LogP contribution is -1.92. The molecule has 3 rings (SSSR count). The molecule has 0 bridgehead atoms. The second-order valence-electron chi connectivity index (χ2n) is 3.97. The zero-order chi connectivity index (χ0) is 13.9. The Labute approximate surface area is 114 Å². The molecule has 0 saturated heterocycles. The number of nitrogens with two attached hydrogens (primary N) is 1. The van der Waals surface area contributed by atoms with Gasteiger partial charge in [0.05, 0.1) is 12.7 Å². The van der Waals surface area contributed by atoms with Crippen molar-refractivity contribution in [2.75, 3.05) is 12.8 Å². The first-order valence-corrected chi connectivity index (χ1v) is 5.82.